The molecule has 0 spiro atoms. The summed E-state index contributed by atoms with van der Waals surface area (Å²) in [5, 5.41) is 3.44. The highest BCUT2D eigenvalue weighted by Gasteiger charge is 2.30. The highest BCUT2D eigenvalue weighted by Crippen LogP contribution is 2.29. The van der Waals surface area contributed by atoms with Gasteiger partial charge in [0.25, 0.3) is 5.91 Å². The minimum Gasteiger partial charge on any atom is -0.492 e. The molecule has 1 aliphatic heterocycles. The zero-order chi connectivity index (χ0) is 27.0. The highest BCUT2D eigenvalue weighted by molar-refractivity contribution is 5.94. The van der Waals surface area contributed by atoms with Crippen molar-refractivity contribution >= 4 is 5.91 Å². The van der Waals surface area contributed by atoms with E-state index in [0.29, 0.717) is 31.2 Å². The SMILES string of the molecule is CCC(C)CNCCOc1ccc(CCN2CCN(C(=O)c3ccc(C(F)(F)F)cc3)CC2)c(C)c1C. The van der Waals surface area contributed by atoms with Crippen molar-refractivity contribution in [1.82, 2.24) is 15.1 Å². The highest BCUT2D eigenvalue weighted by atomic mass is 19.4. The largest absolute Gasteiger partial charge is 0.492 e. The van der Waals surface area contributed by atoms with Gasteiger partial charge in [-0.25, -0.2) is 0 Å². The molecule has 1 heterocycles. The number of nitrogens with one attached hydrogen (secondary N) is 1. The van der Waals surface area contributed by atoms with Gasteiger partial charge in [-0.05, 0) is 79.8 Å². The summed E-state index contributed by atoms with van der Waals surface area (Å²) in [7, 11) is 0. The Labute approximate surface area is 219 Å². The first-order valence-corrected chi connectivity index (χ1v) is 13.2. The number of hydrogen-bond donors (Lipinski definition) is 1. The summed E-state index contributed by atoms with van der Waals surface area (Å²) < 4.78 is 44.3. The van der Waals surface area contributed by atoms with Crippen LogP contribution in [0.1, 0.15) is 52.9 Å². The van der Waals surface area contributed by atoms with Crippen LogP contribution in [0.3, 0.4) is 0 Å². The number of halogens is 3. The first-order valence-electron chi connectivity index (χ1n) is 13.2. The molecule has 8 heteroatoms. The number of hydrogen-bond acceptors (Lipinski definition) is 4. The molecule has 37 heavy (non-hydrogen) atoms. The third-order valence-corrected chi connectivity index (χ3v) is 7.39. The average Bonchev–Trinajstić information content (AvgIpc) is 2.89. The maximum absolute atomic E-state index is 12.8. The summed E-state index contributed by atoms with van der Waals surface area (Å²) in [6, 6.07) is 8.67. The predicted octanol–water partition coefficient (Wildman–Crippen LogP) is 5.34. The second-order valence-electron chi connectivity index (χ2n) is 10.00. The molecule has 204 valence electrons. The monoisotopic (exact) mass is 519 g/mol. The fourth-order valence-corrected chi connectivity index (χ4v) is 4.44. The number of carbonyl (C=O) groups is 1. The van der Waals surface area contributed by atoms with Crippen LogP contribution in [0.5, 0.6) is 5.75 Å². The lowest BCUT2D eigenvalue weighted by atomic mass is 9.99. The van der Waals surface area contributed by atoms with Gasteiger partial charge in [-0.1, -0.05) is 26.3 Å². The van der Waals surface area contributed by atoms with Crippen LogP contribution in [0.25, 0.3) is 0 Å². The molecule has 1 amide bonds. The van der Waals surface area contributed by atoms with Gasteiger partial charge in [-0.15, -0.1) is 0 Å². The van der Waals surface area contributed by atoms with E-state index in [0.717, 1.165) is 57.0 Å². The van der Waals surface area contributed by atoms with Gasteiger partial charge in [0.1, 0.15) is 12.4 Å². The van der Waals surface area contributed by atoms with Crippen molar-refractivity contribution in [1.29, 1.82) is 0 Å². The summed E-state index contributed by atoms with van der Waals surface area (Å²) in [6.45, 7) is 14.7. The van der Waals surface area contributed by atoms with E-state index >= 15 is 0 Å². The fraction of sp³-hybridized carbons (Fsp3) is 0.552. The first kappa shape index (κ1) is 29.0. The normalized spacial score (nSPS) is 15.6. The molecule has 0 bridgehead atoms. The predicted molar refractivity (Wildman–Crippen MR) is 141 cm³/mol. The van der Waals surface area contributed by atoms with Gasteiger partial charge in [0.2, 0.25) is 0 Å². The molecule has 2 aromatic carbocycles. The van der Waals surface area contributed by atoms with E-state index < -0.39 is 11.7 Å². The van der Waals surface area contributed by atoms with Crippen molar-refractivity contribution in [3.63, 3.8) is 0 Å². The van der Waals surface area contributed by atoms with Crippen LogP contribution in [0.4, 0.5) is 13.2 Å². The molecule has 0 aromatic heterocycles. The standard InChI is InChI=1S/C29H40F3N3O2/c1-5-21(2)20-33-13-19-37-27-11-8-24(22(3)23(27)4)12-14-34-15-17-35(18-16-34)28(36)25-6-9-26(10-7-25)29(30,31)32/h6-11,21,33H,5,12-20H2,1-4H3. The first-order chi connectivity index (χ1) is 17.6. The Hall–Kier alpha value is -2.58. The maximum atomic E-state index is 12.8. The van der Waals surface area contributed by atoms with Crippen molar-refractivity contribution in [2.75, 3.05) is 52.4 Å². The van der Waals surface area contributed by atoms with Crippen molar-refractivity contribution in [3.8, 4) is 5.75 Å². The van der Waals surface area contributed by atoms with Crippen LogP contribution < -0.4 is 10.1 Å². The summed E-state index contributed by atoms with van der Waals surface area (Å²) in [6.07, 6.45) is -2.32. The number of piperazine rings is 1. The van der Waals surface area contributed by atoms with E-state index in [1.807, 2.05) is 0 Å². The summed E-state index contributed by atoms with van der Waals surface area (Å²) in [4.78, 5) is 16.8. The van der Waals surface area contributed by atoms with Gasteiger partial charge in [0.15, 0.2) is 0 Å². The topological polar surface area (TPSA) is 44.8 Å². The molecule has 1 N–H and O–H groups in total. The number of ether oxygens (including phenoxy) is 1. The Balaban J connectivity index is 1.44. The molecule has 0 radical (unpaired) electrons. The Morgan fingerprint density at radius 2 is 1.70 bits per heavy atom. The number of nitrogens with zero attached hydrogens (tertiary/aromatic N) is 2. The molecule has 3 rings (SSSR count). The molecule has 0 saturated carbocycles. The lowest BCUT2D eigenvalue weighted by Crippen LogP contribution is -2.49. The lowest BCUT2D eigenvalue weighted by Gasteiger charge is -2.35. The number of carbonyl (C=O) groups excluding carboxylic acids is 1. The zero-order valence-corrected chi connectivity index (χ0v) is 22.5. The van der Waals surface area contributed by atoms with Gasteiger partial charge >= 0.3 is 6.18 Å². The maximum Gasteiger partial charge on any atom is 0.416 e. The van der Waals surface area contributed by atoms with Gasteiger partial charge in [-0.3, -0.25) is 9.69 Å². The van der Waals surface area contributed by atoms with E-state index in [4.69, 9.17) is 4.74 Å². The Morgan fingerprint density at radius 3 is 2.32 bits per heavy atom. The van der Waals surface area contributed by atoms with Gasteiger partial charge < -0.3 is 15.0 Å². The third kappa shape index (κ3) is 8.20. The zero-order valence-electron chi connectivity index (χ0n) is 22.5. The fourth-order valence-electron chi connectivity index (χ4n) is 4.44. The molecule has 0 aliphatic carbocycles. The average molecular weight is 520 g/mol. The van der Waals surface area contributed by atoms with E-state index in [1.54, 1.807) is 4.90 Å². The molecular weight excluding hydrogens is 479 g/mol. The lowest BCUT2D eigenvalue weighted by molar-refractivity contribution is -0.137. The van der Waals surface area contributed by atoms with Crippen molar-refractivity contribution < 1.29 is 22.7 Å². The summed E-state index contributed by atoms with van der Waals surface area (Å²) in [5.74, 6) is 1.39. The molecule has 1 fully saturated rings. The van der Waals surface area contributed by atoms with Crippen LogP contribution in [0.2, 0.25) is 0 Å². The number of amides is 1. The third-order valence-electron chi connectivity index (χ3n) is 7.39. The van der Waals surface area contributed by atoms with Crippen molar-refractivity contribution in [2.24, 2.45) is 5.92 Å². The minimum absolute atomic E-state index is 0.217. The Morgan fingerprint density at radius 1 is 1.03 bits per heavy atom. The van der Waals surface area contributed by atoms with Crippen LogP contribution >= 0.6 is 0 Å². The van der Waals surface area contributed by atoms with Gasteiger partial charge in [0.05, 0.1) is 5.56 Å². The smallest absolute Gasteiger partial charge is 0.416 e. The van der Waals surface area contributed by atoms with Crippen molar-refractivity contribution in [3.05, 3.63) is 64.2 Å². The second-order valence-corrected chi connectivity index (χ2v) is 10.00. The van der Waals surface area contributed by atoms with Crippen LogP contribution in [0.15, 0.2) is 36.4 Å². The minimum atomic E-state index is -4.40. The molecule has 5 nitrogen and oxygen atoms in total. The summed E-state index contributed by atoms with van der Waals surface area (Å²) >= 11 is 0. The van der Waals surface area contributed by atoms with Crippen LogP contribution in [-0.4, -0.2) is 68.1 Å². The summed E-state index contributed by atoms with van der Waals surface area (Å²) in [5.41, 5.74) is 3.27. The van der Waals surface area contributed by atoms with Gasteiger partial charge in [-0.2, -0.15) is 13.2 Å². The van der Waals surface area contributed by atoms with E-state index in [2.05, 4.69) is 50.0 Å². The molecule has 2 aromatic rings. The molecular formula is C29H40F3N3O2. The number of benzene rings is 2. The van der Waals surface area contributed by atoms with E-state index in [1.165, 1.54) is 35.2 Å². The van der Waals surface area contributed by atoms with Gasteiger partial charge in [0, 0.05) is 44.8 Å². The molecule has 1 atom stereocenters. The number of rotatable bonds is 11. The van der Waals surface area contributed by atoms with E-state index in [-0.39, 0.29) is 5.91 Å². The van der Waals surface area contributed by atoms with Crippen LogP contribution in [0, 0.1) is 19.8 Å². The van der Waals surface area contributed by atoms with Crippen LogP contribution in [-0.2, 0) is 12.6 Å². The molecule has 1 unspecified atom stereocenters. The second kappa shape index (κ2) is 13.3. The Bertz CT molecular complexity index is 1020. The van der Waals surface area contributed by atoms with E-state index in [9.17, 15) is 18.0 Å². The number of alkyl halides is 3. The van der Waals surface area contributed by atoms with Crippen molar-refractivity contribution in [2.45, 2.75) is 46.7 Å². The quantitative estimate of drug-likeness (QED) is 0.407. The molecule has 1 saturated heterocycles. The Kier molecular flexibility index (Phi) is 10.4. The molecule has 1 aliphatic rings.